The van der Waals surface area contributed by atoms with Crippen LogP contribution in [0.3, 0.4) is 0 Å². The monoisotopic (exact) mass is 326 g/mol. The van der Waals surface area contributed by atoms with Crippen molar-refractivity contribution in [2.45, 2.75) is 19.4 Å². The fraction of sp³-hybridized carbons (Fsp3) is 0.417. The summed E-state index contributed by atoms with van der Waals surface area (Å²) in [5.74, 6) is 0.233. The van der Waals surface area contributed by atoms with Gasteiger partial charge in [0.15, 0.2) is 6.10 Å². The van der Waals surface area contributed by atoms with E-state index in [2.05, 4.69) is 5.32 Å². The van der Waals surface area contributed by atoms with Crippen molar-refractivity contribution < 1.29 is 9.53 Å². The molecule has 1 aromatic carbocycles. The quantitative estimate of drug-likeness (QED) is 0.790. The number of amides is 1. The number of ether oxygens (including phenoxy) is 1. The molecule has 0 aliphatic rings. The largest absolute Gasteiger partial charge is 0.479 e. The molecule has 3 N–H and O–H groups in total. The molecule has 108 valence electrons. The van der Waals surface area contributed by atoms with Crippen molar-refractivity contribution in [3.63, 3.8) is 0 Å². The number of nitrogens with two attached hydrogens (primary N) is 1. The van der Waals surface area contributed by atoms with Crippen LogP contribution in [-0.2, 0) is 4.79 Å². The maximum atomic E-state index is 11.7. The van der Waals surface area contributed by atoms with Crippen molar-refractivity contribution >= 4 is 41.5 Å². The van der Waals surface area contributed by atoms with E-state index in [9.17, 15) is 4.79 Å². The van der Waals surface area contributed by atoms with Crippen LogP contribution >= 0.6 is 35.6 Å². The van der Waals surface area contributed by atoms with E-state index in [0.717, 1.165) is 6.42 Å². The third-order valence-electron chi connectivity index (χ3n) is 2.25. The lowest BCUT2D eigenvalue weighted by molar-refractivity contribution is -0.127. The molecule has 0 fully saturated rings. The second-order valence-electron chi connectivity index (χ2n) is 3.77. The molecule has 0 saturated heterocycles. The summed E-state index contributed by atoms with van der Waals surface area (Å²) < 4.78 is 5.46. The van der Waals surface area contributed by atoms with Crippen LogP contribution in [0.25, 0.3) is 0 Å². The van der Waals surface area contributed by atoms with E-state index in [4.69, 9.17) is 33.7 Å². The minimum Gasteiger partial charge on any atom is -0.479 e. The summed E-state index contributed by atoms with van der Waals surface area (Å²) in [6.45, 7) is 2.73. The number of hydrogen-bond donors (Lipinski definition) is 2. The molecule has 1 aromatic rings. The molecule has 0 bridgehead atoms. The van der Waals surface area contributed by atoms with Crippen molar-refractivity contribution in [3.05, 3.63) is 28.2 Å². The minimum absolute atomic E-state index is 0. The Hall–Kier alpha value is -0.680. The van der Waals surface area contributed by atoms with Gasteiger partial charge < -0.3 is 15.8 Å². The predicted molar refractivity (Wildman–Crippen MR) is 80.5 cm³/mol. The highest BCUT2D eigenvalue weighted by Gasteiger charge is 2.15. The average molecular weight is 328 g/mol. The summed E-state index contributed by atoms with van der Waals surface area (Å²) in [7, 11) is 0. The zero-order valence-electron chi connectivity index (χ0n) is 10.5. The smallest absolute Gasteiger partial charge is 0.260 e. The molecule has 0 radical (unpaired) electrons. The molecule has 7 heteroatoms. The van der Waals surface area contributed by atoms with E-state index >= 15 is 0 Å². The Morgan fingerprint density at radius 3 is 2.74 bits per heavy atom. The normalized spacial score (nSPS) is 11.4. The van der Waals surface area contributed by atoms with Gasteiger partial charge in [0.25, 0.3) is 5.91 Å². The van der Waals surface area contributed by atoms with Crippen LogP contribution in [-0.4, -0.2) is 25.1 Å². The van der Waals surface area contributed by atoms with Crippen LogP contribution in [0.4, 0.5) is 0 Å². The van der Waals surface area contributed by atoms with E-state index in [1.165, 1.54) is 0 Å². The highest BCUT2D eigenvalue weighted by atomic mass is 35.5. The molecule has 1 amide bonds. The predicted octanol–water partition coefficient (Wildman–Crippen LogP) is 2.65. The van der Waals surface area contributed by atoms with Gasteiger partial charge >= 0.3 is 0 Å². The van der Waals surface area contributed by atoms with Gasteiger partial charge in [-0.1, -0.05) is 23.2 Å². The molecule has 0 aliphatic heterocycles. The number of nitrogens with one attached hydrogen (secondary N) is 1. The van der Waals surface area contributed by atoms with E-state index in [0.29, 0.717) is 28.9 Å². The first kappa shape index (κ1) is 18.3. The maximum absolute atomic E-state index is 11.7. The number of hydrogen-bond acceptors (Lipinski definition) is 3. The molecule has 0 aromatic heterocycles. The summed E-state index contributed by atoms with van der Waals surface area (Å²) in [5, 5.41) is 3.62. The Balaban J connectivity index is 0.00000324. The maximum Gasteiger partial charge on any atom is 0.260 e. The zero-order valence-corrected chi connectivity index (χ0v) is 12.8. The van der Waals surface area contributed by atoms with Crippen molar-refractivity contribution in [2.24, 2.45) is 5.73 Å². The van der Waals surface area contributed by atoms with Gasteiger partial charge in [-0.05, 0) is 38.1 Å². The Kier molecular flexibility index (Phi) is 8.93. The molecule has 1 atom stereocenters. The molecule has 0 saturated carbocycles. The summed E-state index contributed by atoms with van der Waals surface area (Å²) >= 11 is 11.7. The van der Waals surface area contributed by atoms with Gasteiger partial charge in [0, 0.05) is 11.6 Å². The second-order valence-corrected chi connectivity index (χ2v) is 4.61. The van der Waals surface area contributed by atoms with E-state index in [-0.39, 0.29) is 18.3 Å². The highest BCUT2D eigenvalue weighted by Crippen LogP contribution is 2.28. The van der Waals surface area contributed by atoms with Crippen LogP contribution in [0.5, 0.6) is 5.75 Å². The van der Waals surface area contributed by atoms with Gasteiger partial charge in [0.2, 0.25) is 0 Å². The van der Waals surface area contributed by atoms with Crippen molar-refractivity contribution in [1.29, 1.82) is 0 Å². The lowest BCUT2D eigenvalue weighted by Crippen LogP contribution is -2.37. The van der Waals surface area contributed by atoms with E-state index in [1.54, 1.807) is 25.1 Å². The van der Waals surface area contributed by atoms with Gasteiger partial charge in [-0.25, -0.2) is 0 Å². The molecule has 4 nitrogen and oxygen atoms in total. The lowest BCUT2D eigenvalue weighted by Gasteiger charge is -2.15. The van der Waals surface area contributed by atoms with Crippen LogP contribution in [0, 0.1) is 0 Å². The van der Waals surface area contributed by atoms with Crippen molar-refractivity contribution in [2.75, 3.05) is 13.1 Å². The second kappa shape index (κ2) is 9.26. The molecule has 0 spiro atoms. The minimum atomic E-state index is -0.624. The van der Waals surface area contributed by atoms with Crippen molar-refractivity contribution in [3.8, 4) is 5.75 Å². The molecule has 0 aliphatic carbocycles. The Bertz CT molecular complexity index is 416. The first-order chi connectivity index (χ1) is 8.54. The molecule has 19 heavy (non-hydrogen) atoms. The third-order valence-corrected chi connectivity index (χ3v) is 2.78. The Labute approximate surface area is 129 Å². The van der Waals surface area contributed by atoms with E-state index < -0.39 is 6.10 Å². The number of rotatable bonds is 6. The number of carbonyl (C=O) groups excluding carboxylic acids is 1. The molecule has 1 unspecified atom stereocenters. The van der Waals surface area contributed by atoms with Crippen LogP contribution in [0.15, 0.2) is 18.2 Å². The number of halogens is 3. The fourth-order valence-corrected chi connectivity index (χ4v) is 1.73. The topological polar surface area (TPSA) is 64.3 Å². The summed E-state index contributed by atoms with van der Waals surface area (Å²) in [5.41, 5.74) is 5.34. The fourth-order valence-electron chi connectivity index (χ4n) is 1.27. The standard InChI is InChI=1S/C12H16Cl2N2O2.ClH/c1-8(12(17)16-6-2-5-15)18-11-4-3-9(13)7-10(11)14;/h3-4,7-8H,2,5-6,15H2,1H3,(H,16,17);1H. The molecule has 1 rings (SSSR count). The first-order valence-corrected chi connectivity index (χ1v) is 6.39. The summed E-state index contributed by atoms with van der Waals surface area (Å²) in [6.07, 6.45) is 0.113. The summed E-state index contributed by atoms with van der Waals surface area (Å²) in [6, 6.07) is 4.85. The number of carbonyl (C=O) groups is 1. The molecule has 0 heterocycles. The van der Waals surface area contributed by atoms with Crippen LogP contribution < -0.4 is 15.8 Å². The third kappa shape index (κ3) is 6.34. The Morgan fingerprint density at radius 2 is 2.16 bits per heavy atom. The molecular formula is C12H17Cl3N2O2. The van der Waals surface area contributed by atoms with Crippen LogP contribution in [0.1, 0.15) is 13.3 Å². The number of benzene rings is 1. The van der Waals surface area contributed by atoms with Crippen LogP contribution in [0.2, 0.25) is 10.0 Å². The van der Waals surface area contributed by atoms with Gasteiger partial charge in [-0.15, -0.1) is 12.4 Å². The SMILES string of the molecule is CC(Oc1ccc(Cl)cc1Cl)C(=O)NCCCN.Cl. The van der Waals surface area contributed by atoms with Gasteiger partial charge in [-0.2, -0.15) is 0 Å². The molecular weight excluding hydrogens is 311 g/mol. The highest BCUT2D eigenvalue weighted by molar-refractivity contribution is 6.35. The van der Waals surface area contributed by atoms with Gasteiger partial charge in [0.05, 0.1) is 5.02 Å². The van der Waals surface area contributed by atoms with Gasteiger partial charge in [0.1, 0.15) is 5.75 Å². The Morgan fingerprint density at radius 1 is 1.47 bits per heavy atom. The first-order valence-electron chi connectivity index (χ1n) is 5.64. The average Bonchev–Trinajstić information content (AvgIpc) is 2.32. The van der Waals surface area contributed by atoms with E-state index in [1.807, 2.05) is 0 Å². The lowest BCUT2D eigenvalue weighted by atomic mass is 10.3. The summed E-state index contributed by atoms with van der Waals surface area (Å²) in [4.78, 5) is 11.7. The zero-order chi connectivity index (χ0) is 13.5. The van der Waals surface area contributed by atoms with Crippen molar-refractivity contribution in [1.82, 2.24) is 5.32 Å². The van der Waals surface area contributed by atoms with Gasteiger partial charge in [-0.3, -0.25) is 4.79 Å².